The van der Waals surface area contributed by atoms with E-state index in [4.69, 9.17) is 14.6 Å². The highest BCUT2D eigenvalue weighted by molar-refractivity contribution is 5.89. The predicted molar refractivity (Wildman–Crippen MR) is 119 cm³/mol. The lowest BCUT2D eigenvalue weighted by Gasteiger charge is -2.08. The molecule has 0 aromatic heterocycles. The molecule has 0 unspecified atom stereocenters. The van der Waals surface area contributed by atoms with Gasteiger partial charge in [0.2, 0.25) is 0 Å². The topological polar surface area (TPSA) is 67.8 Å². The van der Waals surface area contributed by atoms with Gasteiger partial charge in [0.15, 0.2) is 0 Å². The standard InChI is InChI=1S/C24H41NO4/c1-2-3-4-5-6-7-8-11-20-28-23-15-13-22(14-16-23)24(27)29-21-12-9-10-17-25-18-19-26/h13-16,25-26H,2-12,17-21H2,1H3. The third-order valence-corrected chi connectivity index (χ3v) is 4.88. The number of carbonyl (C=O) groups is 1. The average molecular weight is 408 g/mol. The lowest BCUT2D eigenvalue weighted by Crippen LogP contribution is -2.19. The first-order valence-electron chi connectivity index (χ1n) is 11.5. The molecule has 1 aromatic carbocycles. The van der Waals surface area contributed by atoms with E-state index in [0.29, 0.717) is 18.7 Å². The minimum absolute atomic E-state index is 0.167. The smallest absolute Gasteiger partial charge is 0.338 e. The molecule has 166 valence electrons. The first kappa shape index (κ1) is 25.4. The van der Waals surface area contributed by atoms with Crippen molar-refractivity contribution >= 4 is 5.97 Å². The Morgan fingerprint density at radius 1 is 0.828 bits per heavy atom. The minimum Gasteiger partial charge on any atom is -0.494 e. The van der Waals surface area contributed by atoms with Crippen molar-refractivity contribution in [3.63, 3.8) is 0 Å². The van der Waals surface area contributed by atoms with Crippen molar-refractivity contribution in [1.29, 1.82) is 0 Å². The number of aliphatic hydroxyl groups is 1. The Morgan fingerprint density at radius 2 is 1.45 bits per heavy atom. The molecule has 0 heterocycles. The average Bonchev–Trinajstić information content (AvgIpc) is 2.74. The summed E-state index contributed by atoms with van der Waals surface area (Å²) in [6.07, 6.45) is 13.2. The highest BCUT2D eigenvalue weighted by Crippen LogP contribution is 2.14. The van der Waals surface area contributed by atoms with Crippen molar-refractivity contribution in [2.24, 2.45) is 0 Å². The maximum absolute atomic E-state index is 12.1. The maximum atomic E-state index is 12.1. The van der Waals surface area contributed by atoms with Gasteiger partial charge < -0.3 is 19.9 Å². The zero-order valence-electron chi connectivity index (χ0n) is 18.3. The Kier molecular flexibility index (Phi) is 16.2. The number of unbranched alkanes of at least 4 members (excludes halogenated alkanes) is 9. The fourth-order valence-electron chi connectivity index (χ4n) is 3.09. The highest BCUT2D eigenvalue weighted by Gasteiger charge is 2.07. The summed E-state index contributed by atoms with van der Waals surface area (Å²) < 4.78 is 11.1. The number of hydrogen-bond acceptors (Lipinski definition) is 5. The Hall–Kier alpha value is -1.59. The van der Waals surface area contributed by atoms with Crippen LogP contribution in [0.25, 0.3) is 0 Å². The van der Waals surface area contributed by atoms with Crippen LogP contribution in [0.4, 0.5) is 0 Å². The molecule has 0 atom stereocenters. The van der Waals surface area contributed by atoms with Crippen molar-refractivity contribution in [3.05, 3.63) is 29.8 Å². The Morgan fingerprint density at radius 3 is 2.14 bits per heavy atom. The monoisotopic (exact) mass is 407 g/mol. The molecule has 0 saturated heterocycles. The summed E-state index contributed by atoms with van der Waals surface area (Å²) in [4.78, 5) is 12.1. The van der Waals surface area contributed by atoms with Crippen LogP contribution in [0.1, 0.15) is 87.9 Å². The molecule has 1 aromatic rings. The van der Waals surface area contributed by atoms with Gasteiger partial charge in [0.25, 0.3) is 0 Å². The van der Waals surface area contributed by atoms with E-state index < -0.39 is 0 Å². The van der Waals surface area contributed by atoms with E-state index in [9.17, 15) is 4.79 Å². The summed E-state index contributed by atoms with van der Waals surface area (Å²) in [6.45, 7) is 5.10. The van der Waals surface area contributed by atoms with Crippen molar-refractivity contribution in [2.45, 2.75) is 77.6 Å². The van der Waals surface area contributed by atoms with E-state index in [2.05, 4.69) is 12.2 Å². The molecule has 0 bridgehead atoms. The molecule has 5 heteroatoms. The van der Waals surface area contributed by atoms with Gasteiger partial charge in [0.1, 0.15) is 5.75 Å². The molecule has 0 amide bonds. The second-order valence-corrected chi connectivity index (χ2v) is 7.52. The van der Waals surface area contributed by atoms with Crippen molar-refractivity contribution in [2.75, 3.05) is 32.9 Å². The Balaban J connectivity index is 2.05. The number of nitrogens with one attached hydrogen (secondary N) is 1. The second kappa shape index (κ2) is 18.4. The Bertz CT molecular complexity index is 504. The van der Waals surface area contributed by atoms with Gasteiger partial charge in [0.05, 0.1) is 25.4 Å². The lowest BCUT2D eigenvalue weighted by atomic mass is 10.1. The quantitative estimate of drug-likeness (QED) is 0.246. The summed E-state index contributed by atoms with van der Waals surface area (Å²) in [5.41, 5.74) is 0.564. The number of carbonyl (C=O) groups excluding carboxylic acids is 1. The zero-order valence-corrected chi connectivity index (χ0v) is 18.3. The third-order valence-electron chi connectivity index (χ3n) is 4.88. The van der Waals surface area contributed by atoms with Crippen LogP contribution >= 0.6 is 0 Å². The van der Waals surface area contributed by atoms with E-state index in [1.807, 2.05) is 12.1 Å². The summed E-state index contributed by atoms with van der Waals surface area (Å²) in [5.74, 6) is 0.526. The van der Waals surface area contributed by atoms with E-state index >= 15 is 0 Å². The van der Waals surface area contributed by atoms with Gasteiger partial charge in [-0.15, -0.1) is 0 Å². The van der Waals surface area contributed by atoms with Crippen LogP contribution in [0.2, 0.25) is 0 Å². The summed E-state index contributed by atoms with van der Waals surface area (Å²) in [7, 11) is 0. The van der Waals surface area contributed by atoms with Crippen LogP contribution in [0.5, 0.6) is 5.75 Å². The zero-order chi connectivity index (χ0) is 21.0. The van der Waals surface area contributed by atoms with Gasteiger partial charge >= 0.3 is 5.97 Å². The molecule has 0 aliphatic carbocycles. The number of benzene rings is 1. The largest absolute Gasteiger partial charge is 0.494 e. The van der Waals surface area contributed by atoms with Gasteiger partial charge in [0, 0.05) is 6.54 Å². The first-order valence-corrected chi connectivity index (χ1v) is 11.5. The van der Waals surface area contributed by atoms with Gasteiger partial charge in [-0.2, -0.15) is 0 Å². The normalized spacial score (nSPS) is 10.8. The number of aliphatic hydroxyl groups excluding tert-OH is 1. The fourth-order valence-corrected chi connectivity index (χ4v) is 3.09. The first-order chi connectivity index (χ1) is 14.3. The third kappa shape index (κ3) is 14.1. The van der Waals surface area contributed by atoms with E-state index in [1.54, 1.807) is 12.1 Å². The SMILES string of the molecule is CCCCCCCCCCOc1ccc(C(=O)OCCCCCNCCO)cc1. The molecule has 0 aliphatic heterocycles. The number of rotatable bonds is 19. The highest BCUT2D eigenvalue weighted by atomic mass is 16.5. The van der Waals surface area contributed by atoms with Crippen molar-refractivity contribution < 1.29 is 19.4 Å². The fraction of sp³-hybridized carbons (Fsp3) is 0.708. The molecule has 0 saturated carbocycles. The molecular formula is C24H41NO4. The van der Waals surface area contributed by atoms with Crippen LogP contribution in [-0.4, -0.2) is 44.0 Å². The van der Waals surface area contributed by atoms with E-state index in [0.717, 1.165) is 44.6 Å². The van der Waals surface area contributed by atoms with E-state index in [-0.39, 0.29) is 12.6 Å². The molecule has 2 N–H and O–H groups in total. The van der Waals surface area contributed by atoms with Crippen LogP contribution in [-0.2, 0) is 4.74 Å². The second-order valence-electron chi connectivity index (χ2n) is 7.52. The number of hydrogen-bond donors (Lipinski definition) is 2. The van der Waals surface area contributed by atoms with E-state index in [1.165, 1.54) is 44.9 Å². The summed E-state index contributed by atoms with van der Waals surface area (Å²) in [5, 5.41) is 11.8. The molecule has 1 rings (SSSR count). The molecule has 0 aliphatic rings. The molecule has 0 spiro atoms. The molecule has 5 nitrogen and oxygen atoms in total. The number of esters is 1. The molecule has 0 fully saturated rings. The van der Waals surface area contributed by atoms with Crippen LogP contribution in [0, 0.1) is 0 Å². The summed E-state index contributed by atoms with van der Waals surface area (Å²) in [6, 6.07) is 7.22. The minimum atomic E-state index is -0.280. The van der Waals surface area contributed by atoms with Gasteiger partial charge in [-0.3, -0.25) is 0 Å². The number of ether oxygens (including phenoxy) is 2. The maximum Gasteiger partial charge on any atom is 0.338 e. The molecular weight excluding hydrogens is 366 g/mol. The van der Waals surface area contributed by atoms with Gasteiger partial charge in [-0.25, -0.2) is 4.79 Å². The summed E-state index contributed by atoms with van der Waals surface area (Å²) >= 11 is 0. The Labute approximate surface area is 177 Å². The van der Waals surface area contributed by atoms with Crippen molar-refractivity contribution in [1.82, 2.24) is 5.32 Å². The van der Waals surface area contributed by atoms with Gasteiger partial charge in [-0.05, 0) is 56.5 Å². The van der Waals surface area contributed by atoms with Gasteiger partial charge in [-0.1, -0.05) is 51.9 Å². The predicted octanol–water partition coefficient (Wildman–Crippen LogP) is 5.12. The van der Waals surface area contributed by atoms with Crippen LogP contribution in [0.3, 0.4) is 0 Å². The molecule has 0 radical (unpaired) electrons. The molecule has 29 heavy (non-hydrogen) atoms. The van der Waals surface area contributed by atoms with Crippen LogP contribution in [0.15, 0.2) is 24.3 Å². The lowest BCUT2D eigenvalue weighted by molar-refractivity contribution is 0.0498. The van der Waals surface area contributed by atoms with Crippen LogP contribution < -0.4 is 10.1 Å². The van der Waals surface area contributed by atoms with Crippen molar-refractivity contribution in [3.8, 4) is 5.75 Å².